The van der Waals surface area contributed by atoms with Crippen molar-refractivity contribution in [2.45, 2.75) is 11.3 Å². The number of hydrogen-bond acceptors (Lipinski definition) is 5. The number of aromatic nitrogens is 1. The number of pyridine rings is 1. The first-order valence-electron chi connectivity index (χ1n) is 9.52. The van der Waals surface area contributed by atoms with Crippen molar-refractivity contribution >= 4 is 33.2 Å². The summed E-state index contributed by atoms with van der Waals surface area (Å²) in [5.74, 6) is 0.479. The highest BCUT2D eigenvalue weighted by atomic mass is 35.5. The van der Waals surface area contributed by atoms with Gasteiger partial charge in [-0.25, -0.2) is 8.42 Å². The Morgan fingerprint density at radius 2 is 1.81 bits per heavy atom. The summed E-state index contributed by atoms with van der Waals surface area (Å²) in [5.41, 5.74) is 0.816. The molecule has 9 heteroatoms. The first-order chi connectivity index (χ1) is 14.8. The number of carbonyl (C=O) groups excluding carboxylic acids is 1. The maximum atomic E-state index is 12.6. The van der Waals surface area contributed by atoms with Crippen molar-refractivity contribution < 1.29 is 17.9 Å². The third-order valence-corrected chi connectivity index (χ3v) is 6.03. The van der Waals surface area contributed by atoms with E-state index in [1.807, 2.05) is 12.1 Å². The fourth-order valence-corrected chi connectivity index (χ4v) is 4.02. The van der Waals surface area contributed by atoms with Gasteiger partial charge in [0.15, 0.2) is 0 Å². The number of carbonyl (C=O) groups is 1. The second kappa shape index (κ2) is 10.3. The highest BCUT2D eigenvalue weighted by molar-refractivity contribution is 7.92. The van der Waals surface area contributed by atoms with Gasteiger partial charge in [-0.3, -0.25) is 14.5 Å². The second-order valence-electron chi connectivity index (χ2n) is 6.75. The lowest BCUT2D eigenvalue weighted by atomic mass is 10.2. The lowest BCUT2D eigenvalue weighted by molar-refractivity contribution is 0.0787. The summed E-state index contributed by atoms with van der Waals surface area (Å²) in [6.07, 6.45) is 3.63. The molecule has 0 unspecified atom stereocenters. The fourth-order valence-electron chi connectivity index (χ4n) is 2.78. The van der Waals surface area contributed by atoms with Crippen molar-refractivity contribution in [1.82, 2.24) is 9.88 Å². The van der Waals surface area contributed by atoms with Crippen LogP contribution in [0.3, 0.4) is 0 Å². The van der Waals surface area contributed by atoms with Crippen LogP contribution in [0, 0.1) is 0 Å². The van der Waals surface area contributed by atoms with Crippen LogP contribution in [-0.4, -0.2) is 44.4 Å². The smallest absolute Gasteiger partial charge is 0.261 e. The van der Waals surface area contributed by atoms with Gasteiger partial charge in [-0.05, 0) is 61.0 Å². The van der Waals surface area contributed by atoms with Gasteiger partial charge in [-0.15, -0.1) is 0 Å². The minimum absolute atomic E-state index is 0.0680. The maximum absolute atomic E-state index is 12.6. The van der Waals surface area contributed by atoms with Crippen molar-refractivity contribution in [2.24, 2.45) is 0 Å². The van der Waals surface area contributed by atoms with Gasteiger partial charge in [0.2, 0.25) is 0 Å². The lowest BCUT2D eigenvalue weighted by Gasteiger charge is -2.17. The van der Waals surface area contributed by atoms with Crippen molar-refractivity contribution in [2.75, 3.05) is 24.9 Å². The predicted molar refractivity (Wildman–Crippen MR) is 120 cm³/mol. The van der Waals surface area contributed by atoms with Crippen molar-refractivity contribution in [3.05, 3.63) is 83.6 Å². The van der Waals surface area contributed by atoms with E-state index >= 15 is 0 Å². The predicted octanol–water partition coefficient (Wildman–Crippen LogP) is 4.08. The zero-order chi connectivity index (χ0) is 22.3. The molecule has 0 bridgehead atoms. The van der Waals surface area contributed by atoms with Gasteiger partial charge in [0.1, 0.15) is 5.75 Å². The Labute approximate surface area is 186 Å². The molecule has 0 fully saturated rings. The van der Waals surface area contributed by atoms with Crippen LogP contribution >= 0.6 is 11.6 Å². The topological polar surface area (TPSA) is 88.6 Å². The lowest BCUT2D eigenvalue weighted by Crippen LogP contribution is -2.28. The van der Waals surface area contributed by atoms with Crippen molar-refractivity contribution in [3.8, 4) is 5.75 Å². The monoisotopic (exact) mass is 459 g/mol. The van der Waals surface area contributed by atoms with Crippen LogP contribution in [-0.2, 0) is 10.0 Å². The Hall–Kier alpha value is -3.10. The molecular weight excluding hydrogens is 438 g/mol. The molecular formula is C22H22ClN3O4S. The number of ether oxygens (including phenoxy) is 1. The molecule has 1 N–H and O–H groups in total. The van der Waals surface area contributed by atoms with E-state index in [1.54, 1.807) is 36.2 Å². The SMILES string of the molecule is CN(CCCOc1cccc(Cl)c1)C(=O)c1ccc(S(=O)(=O)Nc2ccncc2)cc1. The normalized spacial score (nSPS) is 11.0. The number of nitrogens with zero attached hydrogens (tertiary/aromatic N) is 2. The molecule has 0 spiro atoms. The van der Waals surface area contributed by atoms with E-state index in [2.05, 4.69) is 9.71 Å². The van der Waals surface area contributed by atoms with Gasteiger partial charge in [0.25, 0.3) is 15.9 Å². The quantitative estimate of drug-likeness (QED) is 0.487. The van der Waals surface area contributed by atoms with Crippen LogP contribution in [0.25, 0.3) is 0 Å². The fraction of sp³-hybridized carbons (Fsp3) is 0.182. The molecule has 0 radical (unpaired) electrons. The highest BCUT2D eigenvalue weighted by Gasteiger charge is 2.16. The third-order valence-electron chi connectivity index (χ3n) is 4.39. The van der Waals surface area contributed by atoms with E-state index in [-0.39, 0.29) is 10.8 Å². The molecule has 1 heterocycles. The van der Waals surface area contributed by atoms with Gasteiger partial charge in [-0.2, -0.15) is 0 Å². The summed E-state index contributed by atoms with van der Waals surface area (Å²) in [7, 11) is -2.06. The van der Waals surface area contributed by atoms with Gasteiger partial charge < -0.3 is 9.64 Å². The number of halogens is 1. The molecule has 0 aliphatic rings. The Bertz CT molecular complexity index is 1120. The van der Waals surface area contributed by atoms with Gasteiger partial charge in [0, 0.05) is 36.6 Å². The summed E-state index contributed by atoms with van der Waals surface area (Å²) < 4.78 is 33.1. The average Bonchev–Trinajstić information content (AvgIpc) is 2.76. The Morgan fingerprint density at radius 3 is 2.48 bits per heavy atom. The Kier molecular flexibility index (Phi) is 7.49. The number of rotatable bonds is 9. The molecule has 31 heavy (non-hydrogen) atoms. The first kappa shape index (κ1) is 22.6. The number of anilines is 1. The van der Waals surface area contributed by atoms with Crippen LogP contribution in [0.1, 0.15) is 16.8 Å². The highest BCUT2D eigenvalue weighted by Crippen LogP contribution is 2.18. The van der Waals surface area contributed by atoms with Crippen LogP contribution in [0.2, 0.25) is 5.02 Å². The zero-order valence-corrected chi connectivity index (χ0v) is 18.4. The number of hydrogen-bond donors (Lipinski definition) is 1. The summed E-state index contributed by atoms with van der Waals surface area (Å²) >= 11 is 5.92. The van der Waals surface area contributed by atoms with Gasteiger partial charge >= 0.3 is 0 Å². The molecule has 3 aromatic rings. The summed E-state index contributed by atoms with van der Waals surface area (Å²) in [5, 5.41) is 0.603. The standard InChI is InChI=1S/C22H22ClN3O4S/c1-26(14-3-15-30-20-5-2-4-18(23)16-20)22(27)17-6-8-21(9-7-17)31(28,29)25-19-10-12-24-13-11-19/h2,4-13,16H,3,14-15H2,1H3,(H,24,25). The number of sulfonamides is 1. The molecule has 3 rings (SSSR count). The van der Waals surface area contributed by atoms with E-state index in [1.165, 1.54) is 36.7 Å². The van der Waals surface area contributed by atoms with Gasteiger partial charge in [-0.1, -0.05) is 17.7 Å². The minimum Gasteiger partial charge on any atom is -0.493 e. The largest absolute Gasteiger partial charge is 0.493 e. The van der Waals surface area contributed by atoms with Crippen molar-refractivity contribution in [1.29, 1.82) is 0 Å². The van der Waals surface area contributed by atoms with Crippen LogP contribution in [0.15, 0.2) is 78.0 Å². The number of amides is 1. The molecule has 1 aromatic heterocycles. The molecule has 162 valence electrons. The van der Waals surface area contributed by atoms with E-state index < -0.39 is 10.0 Å². The van der Waals surface area contributed by atoms with E-state index in [4.69, 9.17) is 16.3 Å². The number of nitrogens with one attached hydrogen (secondary N) is 1. The molecule has 7 nitrogen and oxygen atoms in total. The van der Waals surface area contributed by atoms with Crippen molar-refractivity contribution in [3.63, 3.8) is 0 Å². The Morgan fingerprint density at radius 1 is 1.10 bits per heavy atom. The van der Waals surface area contributed by atoms with Crippen LogP contribution in [0.4, 0.5) is 5.69 Å². The van der Waals surface area contributed by atoms with E-state index in [9.17, 15) is 13.2 Å². The van der Waals surface area contributed by atoms with Crippen LogP contribution in [0.5, 0.6) is 5.75 Å². The molecule has 0 atom stereocenters. The molecule has 0 aliphatic carbocycles. The number of benzene rings is 2. The summed E-state index contributed by atoms with van der Waals surface area (Å²) in [6, 6.07) is 16.1. The molecule has 2 aromatic carbocycles. The molecule has 0 aliphatic heterocycles. The average molecular weight is 460 g/mol. The molecule has 0 saturated carbocycles. The maximum Gasteiger partial charge on any atom is 0.261 e. The van der Waals surface area contributed by atoms with E-state index in [0.717, 1.165) is 0 Å². The zero-order valence-electron chi connectivity index (χ0n) is 16.9. The minimum atomic E-state index is -3.75. The molecule has 0 saturated heterocycles. The first-order valence-corrected chi connectivity index (χ1v) is 11.4. The molecule has 1 amide bonds. The van der Waals surface area contributed by atoms with Crippen LogP contribution < -0.4 is 9.46 Å². The Balaban J connectivity index is 1.53. The second-order valence-corrected chi connectivity index (χ2v) is 8.87. The van der Waals surface area contributed by atoms with E-state index in [0.29, 0.717) is 41.6 Å². The summed E-state index contributed by atoms with van der Waals surface area (Å²) in [4.78, 5) is 18.1. The third kappa shape index (κ3) is 6.44. The summed E-state index contributed by atoms with van der Waals surface area (Å²) in [6.45, 7) is 0.929. The van der Waals surface area contributed by atoms with Gasteiger partial charge in [0.05, 0.1) is 17.2 Å².